The minimum Gasteiger partial charge on any atom is -0.497 e. The van der Waals surface area contributed by atoms with Gasteiger partial charge in [-0.2, -0.15) is 0 Å². The summed E-state index contributed by atoms with van der Waals surface area (Å²) in [7, 11) is 1.58. The lowest BCUT2D eigenvalue weighted by Gasteiger charge is -2.14. The summed E-state index contributed by atoms with van der Waals surface area (Å²) < 4.78 is 18.9. The highest BCUT2D eigenvalue weighted by Crippen LogP contribution is 2.30. The Morgan fingerprint density at radius 2 is 2.00 bits per heavy atom. The summed E-state index contributed by atoms with van der Waals surface area (Å²) in [6, 6.07) is 9.71. The summed E-state index contributed by atoms with van der Waals surface area (Å²) in [5.41, 5.74) is 7.80. The first-order valence-electron chi connectivity index (χ1n) is 5.71. The molecule has 0 radical (unpaired) electrons. The summed E-state index contributed by atoms with van der Waals surface area (Å²) in [4.78, 5) is 0.272. The van der Waals surface area contributed by atoms with E-state index in [1.807, 2.05) is 0 Å². The summed E-state index contributed by atoms with van der Waals surface area (Å²) in [6.45, 7) is 0. The van der Waals surface area contributed by atoms with Crippen molar-refractivity contribution in [3.63, 3.8) is 0 Å². The Morgan fingerprint density at radius 1 is 1.25 bits per heavy atom. The average Bonchev–Trinajstić information content (AvgIpc) is 2.41. The molecule has 0 heterocycles. The number of anilines is 2. The largest absolute Gasteiger partial charge is 0.497 e. The van der Waals surface area contributed by atoms with Crippen LogP contribution in [-0.2, 0) is 0 Å². The van der Waals surface area contributed by atoms with Crippen LogP contribution in [0.2, 0.25) is 0 Å². The van der Waals surface area contributed by atoms with Crippen molar-refractivity contribution in [3.8, 4) is 5.75 Å². The Morgan fingerprint density at radius 3 is 2.60 bits per heavy atom. The van der Waals surface area contributed by atoms with Gasteiger partial charge in [-0.25, -0.2) is 4.39 Å². The van der Waals surface area contributed by atoms with Crippen LogP contribution in [0.15, 0.2) is 40.9 Å². The highest BCUT2D eigenvalue weighted by atomic mass is 79.9. The average molecular weight is 355 g/mol. The van der Waals surface area contributed by atoms with Crippen LogP contribution in [0.1, 0.15) is 5.56 Å². The van der Waals surface area contributed by atoms with Gasteiger partial charge in [0.25, 0.3) is 0 Å². The quantitative estimate of drug-likeness (QED) is 0.815. The number of hydrogen-bond acceptors (Lipinski definition) is 3. The zero-order valence-corrected chi connectivity index (χ0v) is 13.0. The Labute approximate surface area is 130 Å². The van der Waals surface area contributed by atoms with Crippen LogP contribution in [0.4, 0.5) is 15.8 Å². The molecule has 0 aromatic heterocycles. The maximum atomic E-state index is 13.1. The normalized spacial score (nSPS) is 10.2. The van der Waals surface area contributed by atoms with E-state index in [9.17, 15) is 4.39 Å². The smallest absolute Gasteiger partial charge is 0.124 e. The molecular weight excluding hydrogens is 343 g/mol. The zero-order chi connectivity index (χ0) is 14.7. The number of methoxy groups -OCH3 is 1. The fraction of sp³-hybridized carbons (Fsp3) is 0.0714. The number of thiocarbonyl (C=S) groups is 1. The summed E-state index contributed by atoms with van der Waals surface area (Å²) >= 11 is 8.33. The molecule has 104 valence electrons. The number of nitrogens with two attached hydrogens (primary N) is 1. The van der Waals surface area contributed by atoms with Crippen molar-refractivity contribution in [2.24, 2.45) is 5.73 Å². The maximum absolute atomic E-state index is 13.1. The van der Waals surface area contributed by atoms with Gasteiger partial charge in [-0.05, 0) is 46.3 Å². The highest BCUT2D eigenvalue weighted by Gasteiger charge is 2.09. The van der Waals surface area contributed by atoms with Gasteiger partial charge in [0.05, 0.1) is 18.5 Å². The molecular formula is C14H12BrFN2OS. The van der Waals surface area contributed by atoms with Crippen molar-refractivity contribution >= 4 is 44.5 Å². The van der Waals surface area contributed by atoms with E-state index in [1.54, 1.807) is 31.4 Å². The predicted molar refractivity (Wildman–Crippen MR) is 86.3 cm³/mol. The molecule has 2 rings (SSSR count). The van der Waals surface area contributed by atoms with E-state index in [0.29, 0.717) is 27.2 Å². The fourth-order valence-electron chi connectivity index (χ4n) is 1.70. The monoisotopic (exact) mass is 354 g/mol. The van der Waals surface area contributed by atoms with Crippen LogP contribution < -0.4 is 15.8 Å². The van der Waals surface area contributed by atoms with E-state index in [0.717, 1.165) is 0 Å². The van der Waals surface area contributed by atoms with E-state index in [-0.39, 0.29) is 10.8 Å². The molecule has 0 amide bonds. The molecule has 2 aromatic rings. The zero-order valence-electron chi connectivity index (χ0n) is 10.6. The van der Waals surface area contributed by atoms with E-state index in [2.05, 4.69) is 21.2 Å². The van der Waals surface area contributed by atoms with Crippen LogP contribution in [0.3, 0.4) is 0 Å². The van der Waals surface area contributed by atoms with Gasteiger partial charge < -0.3 is 15.8 Å². The molecule has 6 heteroatoms. The van der Waals surface area contributed by atoms with Crippen LogP contribution in [0, 0.1) is 5.82 Å². The lowest BCUT2D eigenvalue weighted by molar-refractivity contribution is 0.415. The van der Waals surface area contributed by atoms with E-state index in [1.165, 1.54) is 12.1 Å². The Balaban J connectivity index is 2.43. The molecule has 0 aliphatic heterocycles. The maximum Gasteiger partial charge on any atom is 0.124 e. The second-order valence-electron chi connectivity index (χ2n) is 4.02. The molecule has 0 bridgehead atoms. The Hall–Kier alpha value is -1.66. The van der Waals surface area contributed by atoms with Crippen molar-refractivity contribution in [2.45, 2.75) is 0 Å². The molecule has 0 saturated carbocycles. The summed E-state index contributed by atoms with van der Waals surface area (Å²) in [5.74, 6) is 0.355. The first kappa shape index (κ1) is 14.7. The molecule has 0 aliphatic carbocycles. The molecule has 0 spiro atoms. The van der Waals surface area contributed by atoms with Crippen molar-refractivity contribution in [2.75, 3.05) is 12.4 Å². The standard InChI is InChI=1S/C14H12BrFN2OS/c1-19-9-3-4-10(14(17)20)13(7-9)18-12-5-2-8(16)6-11(12)15/h2-7,18H,1H3,(H2,17,20). The van der Waals surface area contributed by atoms with E-state index >= 15 is 0 Å². The number of hydrogen-bond donors (Lipinski definition) is 2. The molecule has 0 saturated heterocycles. The third-order valence-electron chi connectivity index (χ3n) is 2.69. The van der Waals surface area contributed by atoms with Gasteiger partial charge in [-0.15, -0.1) is 0 Å². The topological polar surface area (TPSA) is 47.3 Å². The Bertz CT molecular complexity index is 664. The lowest BCUT2D eigenvalue weighted by Crippen LogP contribution is -2.12. The van der Waals surface area contributed by atoms with E-state index in [4.69, 9.17) is 22.7 Å². The molecule has 3 nitrogen and oxygen atoms in total. The minimum atomic E-state index is -0.317. The number of halogens is 2. The fourth-order valence-corrected chi connectivity index (χ4v) is 2.33. The number of rotatable bonds is 4. The van der Waals surface area contributed by atoms with Gasteiger partial charge in [0, 0.05) is 16.1 Å². The summed E-state index contributed by atoms with van der Waals surface area (Å²) in [6.07, 6.45) is 0. The van der Waals surface area contributed by atoms with Gasteiger partial charge in [0.1, 0.15) is 16.6 Å². The molecule has 0 fully saturated rings. The van der Waals surface area contributed by atoms with Gasteiger partial charge in [-0.1, -0.05) is 12.2 Å². The predicted octanol–water partition coefficient (Wildman–Crippen LogP) is 3.97. The number of benzene rings is 2. The molecule has 20 heavy (non-hydrogen) atoms. The molecule has 0 atom stereocenters. The van der Waals surface area contributed by atoms with Crippen LogP contribution in [0.5, 0.6) is 5.75 Å². The minimum absolute atomic E-state index is 0.272. The SMILES string of the molecule is COc1ccc(C(N)=S)c(Nc2ccc(F)cc2Br)c1. The number of ether oxygens (including phenoxy) is 1. The van der Waals surface area contributed by atoms with Gasteiger partial charge >= 0.3 is 0 Å². The third-order valence-corrected chi connectivity index (χ3v) is 3.57. The molecule has 0 unspecified atom stereocenters. The van der Waals surface area contributed by atoms with Gasteiger partial charge in [0.15, 0.2) is 0 Å². The van der Waals surface area contributed by atoms with Gasteiger partial charge in [0.2, 0.25) is 0 Å². The second-order valence-corrected chi connectivity index (χ2v) is 5.32. The van der Waals surface area contributed by atoms with Gasteiger partial charge in [-0.3, -0.25) is 0 Å². The van der Waals surface area contributed by atoms with E-state index < -0.39 is 0 Å². The molecule has 3 N–H and O–H groups in total. The van der Waals surface area contributed by atoms with Crippen molar-refractivity contribution in [3.05, 3.63) is 52.3 Å². The van der Waals surface area contributed by atoms with Crippen LogP contribution in [0.25, 0.3) is 0 Å². The van der Waals surface area contributed by atoms with Crippen molar-refractivity contribution in [1.29, 1.82) is 0 Å². The highest BCUT2D eigenvalue weighted by molar-refractivity contribution is 9.10. The lowest BCUT2D eigenvalue weighted by atomic mass is 10.1. The first-order chi connectivity index (χ1) is 9.51. The van der Waals surface area contributed by atoms with Crippen molar-refractivity contribution < 1.29 is 9.13 Å². The second kappa shape index (κ2) is 6.19. The molecule has 2 aromatic carbocycles. The Kier molecular flexibility index (Phi) is 4.57. The summed E-state index contributed by atoms with van der Waals surface area (Å²) in [5, 5.41) is 3.16. The van der Waals surface area contributed by atoms with Crippen LogP contribution in [-0.4, -0.2) is 12.1 Å². The van der Waals surface area contributed by atoms with Crippen molar-refractivity contribution in [1.82, 2.24) is 0 Å². The third kappa shape index (κ3) is 3.26. The first-order valence-corrected chi connectivity index (χ1v) is 6.91. The van der Waals surface area contributed by atoms with Crippen LogP contribution >= 0.6 is 28.1 Å². The molecule has 0 aliphatic rings. The number of nitrogens with one attached hydrogen (secondary N) is 1.